The minimum atomic E-state index is -0.160. The SMILES string of the molecule is COc1ccc(/C=C2/Sc3ccccc3N(CC(=O)N3CCN(Cc4ccccc4)CC3)C2=O)cc1Br. The molecular formula is C29H28BrN3O3S. The number of halogens is 1. The molecule has 0 unspecified atom stereocenters. The number of piperazine rings is 1. The Kier molecular flexibility index (Phi) is 7.98. The van der Waals surface area contributed by atoms with E-state index >= 15 is 0 Å². The summed E-state index contributed by atoms with van der Waals surface area (Å²) in [6.07, 6.45) is 1.87. The third-order valence-electron chi connectivity index (χ3n) is 6.57. The molecule has 37 heavy (non-hydrogen) atoms. The van der Waals surface area contributed by atoms with Gasteiger partial charge in [0.05, 0.1) is 22.2 Å². The molecule has 3 aromatic carbocycles. The smallest absolute Gasteiger partial charge is 0.265 e. The molecule has 2 amide bonds. The van der Waals surface area contributed by atoms with Crippen molar-refractivity contribution in [2.24, 2.45) is 0 Å². The van der Waals surface area contributed by atoms with E-state index in [0.717, 1.165) is 46.0 Å². The highest BCUT2D eigenvalue weighted by molar-refractivity contribution is 9.10. The number of carbonyl (C=O) groups excluding carboxylic acids is 2. The summed E-state index contributed by atoms with van der Waals surface area (Å²) in [4.78, 5) is 34.3. The monoisotopic (exact) mass is 577 g/mol. The van der Waals surface area contributed by atoms with Crippen molar-refractivity contribution < 1.29 is 14.3 Å². The summed E-state index contributed by atoms with van der Waals surface area (Å²) in [6, 6.07) is 23.8. The van der Waals surface area contributed by atoms with Gasteiger partial charge in [-0.1, -0.05) is 60.3 Å². The Bertz CT molecular complexity index is 1320. The van der Waals surface area contributed by atoms with E-state index in [9.17, 15) is 9.59 Å². The van der Waals surface area contributed by atoms with Gasteiger partial charge in [-0.2, -0.15) is 0 Å². The van der Waals surface area contributed by atoms with Crippen LogP contribution in [0.4, 0.5) is 5.69 Å². The van der Waals surface area contributed by atoms with E-state index in [1.165, 1.54) is 17.3 Å². The molecular weight excluding hydrogens is 550 g/mol. The molecule has 0 atom stereocenters. The van der Waals surface area contributed by atoms with Gasteiger partial charge in [0.25, 0.3) is 5.91 Å². The fourth-order valence-corrected chi connectivity index (χ4v) is 6.19. The van der Waals surface area contributed by atoms with E-state index in [1.54, 1.807) is 12.0 Å². The van der Waals surface area contributed by atoms with Crippen LogP contribution in [-0.2, 0) is 16.1 Å². The average molecular weight is 579 g/mol. The quantitative estimate of drug-likeness (QED) is 0.373. The molecule has 2 aliphatic heterocycles. The van der Waals surface area contributed by atoms with Gasteiger partial charge >= 0.3 is 0 Å². The number of rotatable bonds is 6. The average Bonchev–Trinajstić information content (AvgIpc) is 2.92. The molecule has 5 rings (SSSR count). The van der Waals surface area contributed by atoms with Crippen LogP contribution >= 0.6 is 27.7 Å². The van der Waals surface area contributed by atoms with Gasteiger partial charge < -0.3 is 9.64 Å². The van der Waals surface area contributed by atoms with Crippen LogP contribution in [0.1, 0.15) is 11.1 Å². The lowest BCUT2D eigenvalue weighted by Crippen LogP contribution is -2.52. The van der Waals surface area contributed by atoms with E-state index in [-0.39, 0.29) is 18.4 Å². The van der Waals surface area contributed by atoms with Gasteiger partial charge in [-0.25, -0.2) is 0 Å². The Labute approximate surface area is 230 Å². The van der Waals surface area contributed by atoms with Gasteiger partial charge in [0.2, 0.25) is 5.91 Å². The summed E-state index contributed by atoms with van der Waals surface area (Å²) in [6.45, 7) is 3.86. The largest absolute Gasteiger partial charge is 0.496 e. The molecule has 2 aliphatic rings. The molecule has 0 spiro atoms. The Balaban J connectivity index is 1.29. The van der Waals surface area contributed by atoms with Crippen LogP contribution in [0, 0.1) is 0 Å². The number of methoxy groups -OCH3 is 1. The van der Waals surface area contributed by atoms with Crippen molar-refractivity contribution >= 4 is 51.3 Å². The number of amides is 2. The zero-order chi connectivity index (χ0) is 25.8. The molecule has 0 radical (unpaired) electrons. The lowest BCUT2D eigenvalue weighted by Gasteiger charge is -2.37. The first kappa shape index (κ1) is 25.6. The van der Waals surface area contributed by atoms with E-state index in [2.05, 4.69) is 45.1 Å². The van der Waals surface area contributed by atoms with Crippen molar-refractivity contribution in [1.82, 2.24) is 9.80 Å². The highest BCUT2D eigenvalue weighted by Crippen LogP contribution is 2.42. The predicted molar refractivity (Wildman–Crippen MR) is 152 cm³/mol. The first-order valence-corrected chi connectivity index (χ1v) is 13.8. The van der Waals surface area contributed by atoms with Crippen molar-refractivity contribution in [2.45, 2.75) is 11.4 Å². The minimum Gasteiger partial charge on any atom is -0.496 e. The number of carbonyl (C=O) groups is 2. The van der Waals surface area contributed by atoms with Gasteiger partial charge in [-0.3, -0.25) is 19.4 Å². The first-order valence-electron chi connectivity index (χ1n) is 12.2. The maximum atomic E-state index is 13.6. The minimum absolute atomic E-state index is 0.0265. The number of benzene rings is 3. The van der Waals surface area contributed by atoms with Gasteiger partial charge in [0.1, 0.15) is 12.3 Å². The molecule has 0 bridgehead atoms. The third-order valence-corrected chi connectivity index (χ3v) is 8.27. The molecule has 6 nitrogen and oxygen atoms in total. The lowest BCUT2D eigenvalue weighted by atomic mass is 10.2. The fraction of sp³-hybridized carbons (Fsp3) is 0.241. The topological polar surface area (TPSA) is 53.1 Å². The molecule has 0 aromatic heterocycles. The second-order valence-electron chi connectivity index (χ2n) is 9.01. The number of fused-ring (bicyclic) bond motifs is 1. The van der Waals surface area contributed by atoms with Crippen molar-refractivity contribution in [3.05, 3.63) is 93.3 Å². The number of nitrogens with zero attached hydrogens (tertiary/aromatic N) is 3. The second-order valence-corrected chi connectivity index (χ2v) is 10.9. The maximum Gasteiger partial charge on any atom is 0.265 e. The number of anilines is 1. The number of ether oxygens (including phenoxy) is 1. The third kappa shape index (κ3) is 5.92. The summed E-state index contributed by atoms with van der Waals surface area (Å²) in [7, 11) is 1.62. The highest BCUT2D eigenvalue weighted by Gasteiger charge is 2.32. The number of thioether (sulfide) groups is 1. The first-order chi connectivity index (χ1) is 18.0. The van der Waals surface area contributed by atoms with E-state index in [0.29, 0.717) is 18.0 Å². The molecule has 0 aliphatic carbocycles. The second kappa shape index (κ2) is 11.5. The number of para-hydroxylation sites is 1. The van der Waals surface area contributed by atoms with Crippen LogP contribution in [0.2, 0.25) is 0 Å². The molecule has 1 fully saturated rings. The normalized spacial score (nSPS) is 17.1. The van der Waals surface area contributed by atoms with Crippen LogP contribution in [0.5, 0.6) is 5.75 Å². The summed E-state index contributed by atoms with van der Waals surface area (Å²) in [5, 5.41) is 0. The van der Waals surface area contributed by atoms with E-state index in [4.69, 9.17) is 4.74 Å². The van der Waals surface area contributed by atoms with Gasteiger partial charge in [-0.15, -0.1) is 0 Å². The standard InChI is InChI=1S/C29H28BrN3O3S/c1-36-25-12-11-22(17-23(25)30)18-27-29(35)33(24-9-5-6-10-26(24)37-27)20-28(34)32-15-13-31(14-16-32)19-21-7-3-2-4-8-21/h2-12,17-18H,13-16,19-20H2,1H3/b27-18+. The van der Waals surface area contributed by atoms with Crippen molar-refractivity contribution in [3.8, 4) is 5.75 Å². The Morgan fingerprint density at radius 1 is 1.00 bits per heavy atom. The van der Waals surface area contributed by atoms with Crippen LogP contribution in [0.25, 0.3) is 6.08 Å². The number of hydrogen-bond acceptors (Lipinski definition) is 5. The molecule has 3 aromatic rings. The van der Waals surface area contributed by atoms with Gasteiger partial charge in [0.15, 0.2) is 0 Å². The van der Waals surface area contributed by atoms with Gasteiger partial charge in [-0.05, 0) is 57.4 Å². The summed E-state index contributed by atoms with van der Waals surface area (Å²) in [5.74, 6) is 0.541. The van der Waals surface area contributed by atoms with Crippen LogP contribution in [0.15, 0.2) is 87.1 Å². The van der Waals surface area contributed by atoms with Crippen molar-refractivity contribution in [2.75, 3.05) is 44.7 Å². The van der Waals surface area contributed by atoms with E-state index < -0.39 is 0 Å². The lowest BCUT2D eigenvalue weighted by molar-refractivity contribution is -0.132. The Morgan fingerprint density at radius 3 is 2.46 bits per heavy atom. The predicted octanol–water partition coefficient (Wildman–Crippen LogP) is 5.28. The van der Waals surface area contributed by atoms with Crippen LogP contribution in [-0.4, -0.2) is 61.4 Å². The van der Waals surface area contributed by atoms with Crippen LogP contribution < -0.4 is 9.64 Å². The molecule has 190 valence electrons. The van der Waals surface area contributed by atoms with Gasteiger partial charge in [0, 0.05) is 37.6 Å². The molecule has 1 saturated heterocycles. The summed E-state index contributed by atoms with van der Waals surface area (Å²) < 4.78 is 6.14. The molecule has 0 N–H and O–H groups in total. The zero-order valence-electron chi connectivity index (χ0n) is 20.6. The van der Waals surface area contributed by atoms with Crippen LogP contribution in [0.3, 0.4) is 0 Å². The molecule has 0 saturated carbocycles. The Morgan fingerprint density at radius 2 is 1.73 bits per heavy atom. The van der Waals surface area contributed by atoms with Crippen molar-refractivity contribution in [3.63, 3.8) is 0 Å². The Hall–Kier alpha value is -3.07. The molecule has 2 heterocycles. The summed E-state index contributed by atoms with van der Waals surface area (Å²) in [5.41, 5.74) is 2.93. The fourth-order valence-electron chi connectivity index (χ4n) is 4.58. The zero-order valence-corrected chi connectivity index (χ0v) is 23.0. The van der Waals surface area contributed by atoms with Crippen molar-refractivity contribution in [1.29, 1.82) is 0 Å². The highest BCUT2D eigenvalue weighted by atomic mass is 79.9. The molecule has 8 heteroatoms. The number of hydrogen-bond donors (Lipinski definition) is 0. The summed E-state index contributed by atoms with van der Waals surface area (Å²) >= 11 is 4.95. The maximum absolute atomic E-state index is 13.6. The van der Waals surface area contributed by atoms with E-state index in [1.807, 2.05) is 59.5 Å².